The quantitative estimate of drug-likeness (QED) is 0.150. The minimum absolute atomic E-state index is 0. The average Bonchev–Trinajstić information content (AvgIpc) is 3.71. The Hall–Kier alpha value is -5.77. The molecule has 51 heavy (non-hydrogen) atoms. The Balaban J connectivity index is 0.00000374. The number of fused-ring (bicyclic) bond motifs is 4. The van der Waals surface area contributed by atoms with E-state index in [4.69, 9.17) is 9.72 Å². The molecule has 3 aromatic heterocycles. The van der Waals surface area contributed by atoms with E-state index in [1.165, 1.54) is 11.1 Å². The third-order valence-electron chi connectivity index (χ3n) is 9.32. The number of pyridine rings is 1. The maximum absolute atomic E-state index is 6.51. The van der Waals surface area contributed by atoms with Crippen LogP contribution in [0.3, 0.4) is 0 Å². The van der Waals surface area contributed by atoms with Gasteiger partial charge in [-0.2, -0.15) is 16.7 Å². The molecule has 250 valence electrons. The number of benzene rings is 6. The smallest absolute Gasteiger partial charge is 0.168 e. The molecule has 0 unspecified atom stereocenters. The number of ether oxygens (including phenoxy) is 1. The van der Waals surface area contributed by atoms with Gasteiger partial charge in [-0.1, -0.05) is 98.2 Å². The molecule has 0 saturated carbocycles. The van der Waals surface area contributed by atoms with Gasteiger partial charge in [-0.25, -0.2) is 9.55 Å². The van der Waals surface area contributed by atoms with Gasteiger partial charge >= 0.3 is 0 Å². The minimum Gasteiger partial charge on any atom is -0.508 e. The Kier molecular flexibility index (Phi) is 8.59. The monoisotopic (exact) mass is 840 g/mol. The summed E-state index contributed by atoms with van der Waals surface area (Å²) in [6, 6.07) is 57.3. The summed E-state index contributed by atoms with van der Waals surface area (Å²) in [5, 5.41) is 2.23. The van der Waals surface area contributed by atoms with Gasteiger partial charge in [0, 0.05) is 62.1 Å². The Labute approximate surface area is 311 Å². The van der Waals surface area contributed by atoms with Crippen molar-refractivity contribution >= 4 is 32.8 Å². The summed E-state index contributed by atoms with van der Waals surface area (Å²) in [6.07, 6.45) is 4.00. The fourth-order valence-electron chi connectivity index (χ4n) is 7.00. The summed E-state index contributed by atoms with van der Waals surface area (Å²) in [7, 11) is 0. The average molecular weight is 841 g/mol. The zero-order chi connectivity index (χ0) is 33.6. The van der Waals surface area contributed by atoms with Crippen LogP contribution in [0.5, 0.6) is 11.5 Å². The fourth-order valence-corrected chi connectivity index (χ4v) is 7.00. The van der Waals surface area contributed by atoms with Crippen molar-refractivity contribution in [3.63, 3.8) is 0 Å². The SMILES string of the molecule is CC(C)c1ccccc1-c1ccnc(-n2c3[c-]c(Oc4[c-]c(-n5[cH+]n(-c6ccccc6)c6ccccc65)ccc4)ccc3c3ccccc32)c1.[Pt]. The molecule has 0 aliphatic carbocycles. The number of nitrogens with zero attached hydrogens (tertiary/aromatic N) is 4. The number of rotatable bonds is 7. The number of hydrogen-bond donors (Lipinski definition) is 0. The van der Waals surface area contributed by atoms with Gasteiger partial charge in [-0.05, 0) is 58.3 Å². The molecule has 0 bridgehead atoms. The summed E-state index contributed by atoms with van der Waals surface area (Å²) in [5.41, 5.74) is 9.80. The van der Waals surface area contributed by atoms with E-state index in [2.05, 4.69) is 167 Å². The molecular weight excluding hydrogens is 808 g/mol. The molecule has 6 heteroatoms. The predicted octanol–water partition coefficient (Wildman–Crippen LogP) is 11.4. The largest absolute Gasteiger partial charge is 0.508 e. The van der Waals surface area contributed by atoms with Crippen molar-refractivity contribution in [2.75, 3.05) is 0 Å². The zero-order valence-electron chi connectivity index (χ0n) is 28.1. The number of aromatic nitrogens is 4. The van der Waals surface area contributed by atoms with Gasteiger partial charge in [0.05, 0.1) is 0 Å². The van der Waals surface area contributed by atoms with E-state index in [1.807, 2.05) is 30.5 Å². The first-order chi connectivity index (χ1) is 24.6. The number of para-hydroxylation sites is 4. The predicted molar refractivity (Wildman–Crippen MR) is 203 cm³/mol. The maximum atomic E-state index is 6.51. The molecule has 9 rings (SSSR count). The van der Waals surface area contributed by atoms with E-state index in [-0.39, 0.29) is 21.1 Å². The normalized spacial score (nSPS) is 11.4. The van der Waals surface area contributed by atoms with Crippen LogP contribution < -0.4 is 4.74 Å². The Morgan fingerprint density at radius 2 is 1.33 bits per heavy atom. The van der Waals surface area contributed by atoms with Crippen molar-refractivity contribution in [1.29, 1.82) is 0 Å². The first-order valence-electron chi connectivity index (χ1n) is 16.9. The zero-order valence-corrected chi connectivity index (χ0v) is 30.4. The van der Waals surface area contributed by atoms with Gasteiger partial charge < -0.3 is 9.30 Å². The molecule has 0 aliphatic rings. The van der Waals surface area contributed by atoms with Crippen LogP contribution >= 0.6 is 0 Å². The van der Waals surface area contributed by atoms with Crippen LogP contribution in [-0.2, 0) is 21.1 Å². The molecule has 0 atom stereocenters. The summed E-state index contributed by atoms with van der Waals surface area (Å²) >= 11 is 0. The van der Waals surface area contributed by atoms with Crippen molar-refractivity contribution < 1.29 is 25.8 Å². The van der Waals surface area contributed by atoms with Crippen molar-refractivity contribution in [2.45, 2.75) is 19.8 Å². The van der Waals surface area contributed by atoms with Crippen LogP contribution in [0.1, 0.15) is 25.3 Å². The van der Waals surface area contributed by atoms with Crippen LogP contribution in [0.2, 0.25) is 0 Å². The number of hydrogen-bond acceptors (Lipinski definition) is 2. The second-order valence-electron chi connectivity index (χ2n) is 12.8. The summed E-state index contributed by atoms with van der Waals surface area (Å²) in [6.45, 7) is 4.47. The molecule has 0 fully saturated rings. The van der Waals surface area contributed by atoms with Gasteiger partial charge in [0.1, 0.15) is 11.5 Å². The van der Waals surface area contributed by atoms with Crippen molar-refractivity contribution in [3.05, 3.63) is 176 Å². The molecule has 9 aromatic rings. The van der Waals surface area contributed by atoms with E-state index in [0.717, 1.165) is 55.6 Å². The Bertz CT molecular complexity index is 2670. The second kappa shape index (κ2) is 13.5. The van der Waals surface area contributed by atoms with Gasteiger partial charge in [0.15, 0.2) is 17.4 Å². The van der Waals surface area contributed by atoms with Gasteiger partial charge in [-0.3, -0.25) is 0 Å². The molecule has 0 amide bonds. The van der Waals surface area contributed by atoms with Crippen LogP contribution in [0.25, 0.3) is 61.2 Å². The molecule has 0 spiro atoms. The maximum Gasteiger partial charge on any atom is 0.168 e. The van der Waals surface area contributed by atoms with Crippen LogP contribution in [-0.4, -0.2) is 18.7 Å². The topological polar surface area (TPSA) is 36.9 Å². The van der Waals surface area contributed by atoms with E-state index in [0.29, 0.717) is 17.4 Å². The van der Waals surface area contributed by atoms with E-state index < -0.39 is 0 Å². The Morgan fingerprint density at radius 1 is 0.627 bits per heavy atom. The van der Waals surface area contributed by atoms with Crippen molar-refractivity contribution in [2.24, 2.45) is 0 Å². The third kappa shape index (κ3) is 5.84. The Morgan fingerprint density at radius 3 is 2.16 bits per heavy atom. The molecule has 3 heterocycles. The number of imidazole rings is 1. The molecule has 6 aromatic carbocycles. The summed E-state index contributed by atoms with van der Waals surface area (Å²) in [5.74, 6) is 2.45. The molecule has 0 radical (unpaired) electrons. The van der Waals surface area contributed by atoms with Crippen LogP contribution in [0.4, 0.5) is 0 Å². The van der Waals surface area contributed by atoms with Crippen molar-refractivity contribution in [1.82, 2.24) is 18.7 Å². The first kappa shape index (κ1) is 32.4. The first-order valence-corrected chi connectivity index (χ1v) is 16.9. The second-order valence-corrected chi connectivity index (χ2v) is 12.8. The van der Waals surface area contributed by atoms with E-state index in [1.54, 1.807) is 0 Å². The standard InChI is InChI=1S/C45H33N4O.Pt/c1-31(2)37-17-6-7-18-38(37)32-25-26-46-45(27-32)49-41-20-9-8-19-39(41)40-24-23-36(29-44(40)49)50-35-16-12-15-34(28-35)48-30-47(33-13-4-3-5-14-33)42-21-10-11-22-43(42)48;/h3-27,30-31H,1-2H3;/q-1;. The van der Waals surface area contributed by atoms with E-state index in [9.17, 15) is 0 Å². The minimum atomic E-state index is 0. The molecule has 5 nitrogen and oxygen atoms in total. The van der Waals surface area contributed by atoms with Crippen molar-refractivity contribution in [3.8, 4) is 39.8 Å². The van der Waals surface area contributed by atoms with E-state index >= 15 is 0 Å². The summed E-state index contributed by atoms with van der Waals surface area (Å²) < 4.78 is 13.0. The van der Waals surface area contributed by atoms with Crippen LogP contribution in [0, 0.1) is 12.1 Å². The fraction of sp³-hybridized carbons (Fsp3) is 0.0667. The molecule has 0 aliphatic heterocycles. The van der Waals surface area contributed by atoms with Gasteiger partial charge in [-0.15, -0.1) is 29.7 Å². The molecule has 0 N–H and O–H groups in total. The van der Waals surface area contributed by atoms with Gasteiger partial charge in [0.2, 0.25) is 0 Å². The van der Waals surface area contributed by atoms with Gasteiger partial charge in [0.25, 0.3) is 0 Å². The molecule has 0 saturated heterocycles. The molecular formula is C45H33N4OPt-. The summed E-state index contributed by atoms with van der Waals surface area (Å²) in [4.78, 5) is 4.88. The third-order valence-corrected chi connectivity index (χ3v) is 9.32. The van der Waals surface area contributed by atoms with Crippen LogP contribution in [0.15, 0.2) is 158 Å².